The van der Waals surface area contributed by atoms with Gasteiger partial charge < -0.3 is 24.1 Å². The molecule has 4 unspecified atom stereocenters. The van der Waals surface area contributed by atoms with Gasteiger partial charge in [0.15, 0.2) is 17.9 Å². The quantitative estimate of drug-likeness (QED) is 0.266. The first kappa shape index (κ1) is 29.8. The number of esters is 1. The van der Waals surface area contributed by atoms with E-state index in [1.165, 1.54) is 14.2 Å². The second-order valence-corrected chi connectivity index (χ2v) is 12.6. The van der Waals surface area contributed by atoms with E-state index in [4.69, 9.17) is 18.9 Å². The molecule has 2 saturated carbocycles. The van der Waals surface area contributed by atoms with Gasteiger partial charge in [-0.15, -0.1) is 0 Å². The molecule has 0 aromatic carbocycles. The Labute approximate surface area is 234 Å². The van der Waals surface area contributed by atoms with Crippen molar-refractivity contribution in [2.45, 2.75) is 94.6 Å². The Balaban J connectivity index is 1.59. The van der Waals surface area contributed by atoms with E-state index < -0.39 is 29.1 Å². The highest BCUT2D eigenvalue weighted by Crippen LogP contribution is 2.56. The summed E-state index contributed by atoms with van der Waals surface area (Å²) in [5.74, 6) is -1.28. The lowest BCUT2D eigenvalue weighted by atomic mass is 9.65. The summed E-state index contributed by atoms with van der Waals surface area (Å²) in [6, 6.07) is 0. The van der Waals surface area contributed by atoms with Crippen LogP contribution in [0.1, 0.15) is 65.2 Å². The smallest absolute Gasteiger partial charge is 0.306 e. The second-order valence-electron chi connectivity index (χ2n) is 11.6. The summed E-state index contributed by atoms with van der Waals surface area (Å²) >= 11 is 3.69. The average Bonchev–Trinajstić information content (AvgIpc) is 3.48. The highest BCUT2D eigenvalue weighted by atomic mass is 79.9. The highest BCUT2D eigenvalue weighted by molar-refractivity contribution is 9.10. The Bertz CT molecular complexity index is 905. The number of hydrogen-bond donors (Lipinski definition) is 1. The van der Waals surface area contributed by atoms with Crippen molar-refractivity contribution in [3.05, 3.63) is 11.6 Å². The number of aliphatic hydroxyl groups is 1. The Morgan fingerprint density at radius 1 is 1.13 bits per heavy atom. The molecule has 1 aliphatic heterocycles. The third kappa shape index (κ3) is 6.12. The second kappa shape index (κ2) is 13.0. The zero-order chi connectivity index (χ0) is 27.6. The van der Waals surface area contributed by atoms with E-state index in [1.54, 1.807) is 0 Å². The summed E-state index contributed by atoms with van der Waals surface area (Å²) in [4.78, 5) is 40.1. The van der Waals surface area contributed by atoms with Crippen LogP contribution in [0, 0.1) is 35.5 Å². The first-order valence-corrected chi connectivity index (χ1v) is 15.1. The number of methoxy groups -OCH3 is 2. The molecule has 0 amide bonds. The summed E-state index contributed by atoms with van der Waals surface area (Å²) < 4.78 is 22.2. The van der Waals surface area contributed by atoms with Gasteiger partial charge in [0, 0.05) is 32.0 Å². The van der Waals surface area contributed by atoms with Crippen molar-refractivity contribution in [3.8, 4) is 0 Å². The van der Waals surface area contributed by atoms with Crippen LogP contribution in [0.25, 0.3) is 0 Å². The van der Waals surface area contributed by atoms with E-state index in [0.717, 1.165) is 32.1 Å². The standard InChI is InChI=1S/C29H43BrO8/c1-5-16-9-7-6-8-15(2)27(32)22-12-19-18-10-17(38-29(34)23(36-4)14-35-3)11-21(18)26(30)28(33)25(19)20(22)13-24(31)37-16/h12,15-21,23,25-26,29,34H,5-11,13-14H2,1-4H3/t15-,16+,17+,18+,19?,20-,21-,23+,25?,26?,29?/m1/s1. The fourth-order valence-corrected chi connectivity index (χ4v) is 8.14. The monoisotopic (exact) mass is 598 g/mol. The van der Waals surface area contributed by atoms with Gasteiger partial charge >= 0.3 is 5.97 Å². The maximum atomic E-state index is 13.8. The summed E-state index contributed by atoms with van der Waals surface area (Å²) in [6.07, 6.45) is 5.39. The van der Waals surface area contributed by atoms with E-state index in [1.807, 2.05) is 19.9 Å². The summed E-state index contributed by atoms with van der Waals surface area (Å²) in [5, 5.41) is 10.6. The fourth-order valence-electron chi connectivity index (χ4n) is 7.23. The molecule has 38 heavy (non-hydrogen) atoms. The molecule has 11 atom stereocenters. The van der Waals surface area contributed by atoms with Crippen molar-refractivity contribution in [2.75, 3.05) is 20.8 Å². The minimum Gasteiger partial charge on any atom is -0.462 e. The number of carbonyl (C=O) groups is 3. The number of Topliss-reactive ketones (excluding diaryl/α,β-unsaturated/α-hetero) is 2. The topological polar surface area (TPSA) is 108 Å². The predicted molar refractivity (Wildman–Crippen MR) is 143 cm³/mol. The van der Waals surface area contributed by atoms with Gasteiger partial charge in [-0.2, -0.15) is 0 Å². The minimum atomic E-state index is -1.15. The molecular formula is C29H43BrO8. The molecule has 0 aromatic rings. The predicted octanol–water partition coefficient (Wildman–Crippen LogP) is 4.00. The van der Waals surface area contributed by atoms with Gasteiger partial charge in [0.2, 0.25) is 0 Å². The number of aliphatic hydroxyl groups excluding tert-OH is 1. The van der Waals surface area contributed by atoms with Crippen LogP contribution in [0.4, 0.5) is 0 Å². The number of fused-ring (bicyclic) bond motifs is 5. The highest BCUT2D eigenvalue weighted by Gasteiger charge is 2.58. The number of allylic oxidation sites excluding steroid dienone is 2. The van der Waals surface area contributed by atoms with E-state index in [-0.39, 0.29) is 66.4 Å². The summed E-state index contributed by atoms with van der Waals surface area (Å²) in [7, 11) is 3.04. The lowest BCUT2D eigenvalue weighted by molar-refractivity contribution is -0.204. The van der Waals surface area contributed by atoms with E-state index in [2.05, 4.69) is 15.9 Å². The van der Waals surface area contributed by atoms with Gasteiger partial charge in [0.1, 0.15) is 12.2 Å². The fraction of sp³-hybridized carbons (Fsp3) is 0.828. The van der Waals surface area contributed by atoms with Gasteiger partial charge in [-0.3, -0.25) is 14.4 Å². The molecule has 4 aliphatic rings. The van der Waals surface area contributed by atoms with Crippen LogP contribution in [-0.4, -0.2) is 72.9 Å². The Hall–Kier alpha value is -1.13. The van der Waals surface area contributed by atoms with Crippen molar-refractivity contribution < 1.29 is 38.4 Å². The van der Waals surface area contributed by atoms with Crippen molar-refractivity contribution in [1.29, 1.82) is 0 Å². The SMILES string of the molecule is CC[C@H]1CCCC[C@@H](C)C(=O)C2=CC3C(C(=O)C(Br)[C@@H]4C[C@@H](OC(O)[C@H](COC)OC)C[C@@H]34)[C@@H]2CC(=O)O1. The number of carbonyl (C=O) groups excluding carboxylic acids is 3. The van der Waals surface area contributed by atoms with E-state index >= 15 is 0 Å². The first-order chi connectivity index (χ1) is 18.2. The van der Waals surface area contributed by atoms with Gasteiger partial charge in [-0.1, -0.05) is 42.3 Å². The molecule has 4 rings (SSSR count). The van der Waals surface area contributed by atoms with Gasteiger partial charge in [0.25, 0.3) is 0 Å². The molecule has 3 aliphatic carbocycles. The molecule has 214 valence electrons. The molecule has 0 bridgehead atoms. The number of hydrogen-bond acceptors (Lipinski definition) is 8. The summed E-state index contributed by atoms with van der Waals surface area (Å²) in [6.45, 7) is 4.19. The largest absolute Gasteiger partial charge is 0.462 e. The van der Waals surface area contributed by atoms with Crippen LogP contribution < -0.4 is 0 Å². The Morgan fingerprint density at radius 2 is 1.84 bits per heavy atom. The van der Waals surface area contributed by atoms with Crippen molar-refractivity contribution >= 4 is 33.5 Å². The zero-order valence-corrected chi connectivity index (χ0v) is 24.6. The third-order valence-corrected chi connectivity index (χ3v) is 10.4. The number of ether oxygens (including phenoxy) is 4. The van der Waals surface area contributed by atoms with Crippen LogP contribution in [0.2, 0.25) is 0 Å². The molecule has 8 nitrogen and oxygen atoms in total. The van der Waals surface area contributed by atoms with Crippen LogP contribution in [0.5, 0.6) is 0 Å². The molecule has 0 spiro atoms. The lowest BCUT2D eigenvalue weighted by Crippen LogP contribution is -2.46. The minimum absolute atomic E-state index is 0.0200. The molecule has 9 heteroatoms. The van der Waals surface area contributed by atoms with Gasteiger partial charge in [-0.25, -0.2) is 0 Å². The average molecular weight is 600 g/mol. The lowest BCUT2D eigenvalue weighted by Gasteiger charge is -2.40. The number of halogens is 1. The van der Waals surface area contributed by atoms with Crippen molar-refractivity contribution in [3.63, 3.8) is 0 Å². The maximum absolute atomic E-state index is 13.8. The van der Waals surface area contributed by atoms with Gasteiger partial charge in [-0.05, 0) is 61.9 Å². The van der Waals surface area contributed by atoms with Crippen LogP contribution in [0.3, 0.4) is 0 Å². The molecule has 3 fully saturated rings. The van der Waals surface area contributed by atoms with Crippen molar-refractivity contribution in [1.82, 2.24) is 0 Å². The molecule has 1 heterocycles. The normalized spacial score (nSPS) is 39.7. The Morgan fingerprint density at radius 3 is 2.53 bits per heavy atom. The molecule has 0 radical (unpaired) electrons. The van der Waals surface area contributed by atoms with Crippen LogP contribution in [0.15, 0.2) is 11.6 Å². The molecular weight excluding hydrogens is 556 g/mol. The van der Waals surface area contributed by atoms with Crippen LogP contribution >= 0.6 is 15.9 Å². The number of cyclic esters (lactones) is 1. The van der Waals surface area contributed by atoms with Gasteiger partial charge in [0.05, 0.1) is 24.0 Å². The molecule has 1 N–H and O–H groups in total. The van der Waals surface area contributed by atoms with E-state index in [0.29, 0.717) is 18.4 Å². The number of ketones is 2. The number of rotatable bonds is 7. The van der Waals surface area contributed by atoms with Crippen LogP contribution in [-0.2, 0) is 33.3 Å². The molecule has 1 saturated heterocycles. The zero-order valence-electron chi connectivity index (χ0n) is 23.0. The van der Waals surface area contributed by atoms with Crippen molar-refractivity contribution in [2.24, 2.45) is 35.5 Å². The van der Waals surface area contributed by atoms with E-state index in [9.17, 15) is 19.5 Å². The third-order valence-electron chi connectivity index (χ3n) is 9.28. The first-order valence-electron chi connectivity index (χ1n) is 14.2. The maximum Gasteiger partial charge on any atom is 0.306 e. The Kier molecular flexibility index (Phi) is 10.2. The number of alkyl halides is 1. The summed E-state index contributed by atoms with van der Waals surface area (Å²) in [5.41, 5.74) is 0.635. The molecule has 0 aromatic heterocycles.